The van der Waals surface area contributed by atoms with E-state index in [1.54, 1.807) is 0 Å². The third kappa shape index (κ3) is 2.83. The summed E-state index contributed by atoms with van der Waals surface area (Å²) in [7, 11) is 0. The Balaban J connectivity index is 1.88. The van der Waals surface area contributed by atoms with E-state index < -0.39 is 0 Å². The van der Waals surface area contributed by atoms with Crippen molar-refractivity contribution < 1.29 is 0 Å². The lowest BCUT2D eigenvalue weighted by Gasteiger charge is -2.42. The number of rotatable bonds is 1. The quantitative estimate of drug-likeness (QED) is 0.810. The molecule has 0 aliphatic carbocycles. The van der Waals surface area contributed by atoms with E-state index >= 15 is 0 Å². The van der Waals surface area contributed by atoms with Gasteiger partial charge in [-0.15, -0.1) is 10.2 Å². The number of anilines is 1. The topological polar surface area (TPSA) is 32.3 Å². The van der Waals surface area contributed by atoms with Gasteiger partial charge in [0.1, 0.15) is 0 Å². The fraction of sp³-hybridized carbons (Fsp3) is 0.500. The Morgan fingerprint density at radius 3 is 2.19 bits per heavy atom. The number of nitrogens with zero attached hydrogens (tertiary/aromatic N) is 4. The normalized spacial score (nSPS) is 17.4. The van der Waals surface area contributed by atoms with Gasteiger partial charge in [0, 0.05) is 42.5 Å². The van der Waals surface area contributed by atoms with Crippen molar-refractivity contribution in [3.63, 3.8) is 0 Å². The van der Waals surface area contributed by atoms with Gasteiger partial charge in [0.05, 0.1) is 0 Å². The third-order valence-corrected chi connectivity index (χ3v) is 4.43. The first kappa shape index (κ1) is 14.5. The van der Waals surface area contributed by atoms with Crippen LogP contribution in [0.15, 0.2) is 24.3 Å². The third-order valence-electron chi connectivity index (χ3n) is 4.15. The van der Waals surface area contributed by atoms with Gasteiger partial charge in [-0.2, -0.15) is 0 Å². The van der Waals surface area contributed by atoms with Gasteiger partial charge >= 0.3 is 0 Å². The van der Waals surface area contributed by atoms with E-state index in [1.807, 2.05) is 18.2 Å². The molecule has 0 amide bonds. The first-order valence-electron chi connectivity index (χ1n) is 7.38. The Bertz CT molecular complexity index is 642. The van der Waals surface area contributed by atoms with Gasteiger partial charge in [-0.3, -0.25) is 4.90 Å². The summed E-state index contributed by atoms with van der Waals surface area (Å²) in [6, 6.07) is 8.08. The van der Waals surface area contributed by atoms with Crippen LogP contribution in [0.1, 0.15) is 20.8 Å². The van der Waals surface area contributed by atoms with Crippen LogP contribution in [0.3, 0.4) is 0 Å². The Morgan fingerprint density at radius 1 is 0.952 bits per heavy atom. The zero-order valence-corrected chi connectivity index (χ0v) is 13.6. The molecule has 0 unspecified atom stereocenters. The number of halogens is 1. The van der Waals surface area contributed by atoms with Gasteiger partial charge in [0.15, 0.2) is 11.0 Å². The van der Waals surface area contributed by atoms with E-state index in [1.165, 1.54) is 0 Å². The maximum absolute atomic E-state index is 6.15. The molecule has 1 saturated heterocycles. The Kier molecular flexibility index (Phi) is 3.76. The summed E-state index contributed by atoms with van der Waals surface area (Å²) >= 11 is 6.15. The lowest BCUT2D eigenvalue weighted by atomic mass is 10.0. The summed E-state index contributed by atoms with van der Waals surface area (Å²) in [5.74, 6) is 0.948. The second-order valence-corrected chi connectivity index (χ2v) is 6.86. The molecule has 0 radical (unpaired) electrons. The number of hydrogen-bond donors (Lipinski definition) is 0. The summed E-state index contributed by atoms with van der Waals surface area (Å²) in [5, 5.41) is 11.0. The average Bonchev–Trinajstić information content (AvgIpc) is 2.47. The molecule has 1 fully saturated rings. The van der Waals surface area contributed by atoms with Gasteiger partial charge in [-0.05, 0) is 20.8 Å². The van der Waals surface area contributed by atoms with Gasteiger partial charge < -0.3 is 4.90 Å². The van der Waals surface area contributed by atoms with Crippen LogP contribution in [0, 0.1) is 0 Å². The van der Waals surface area contributed by atoms with Gasteiger partial charge in [-0.25, -0.2) is 0 Å². The van der Waals surface area contributed by atoms with Crippen LogP contribution in [0.4, 0.5) is 5.82 Å². The fourth-order valence-electron chi connectivity index (χ4n) is 2.88. The molecular weight excluding hydrogens is 284 g/mol. The number of aromatic nitrogens is 2. The van der Waals surface area contributed by atoms with Crippen molar-refractivity contribution in [2.45, 2.75) is 26.3 Å². The van der Waals surface area contributed by atoms with Crippen molar-refractivity contribution in [1.29, 1.82) is 0 Å². The smallest absolute Gasteiger partial charge is 0.159 e. The molecule has 1 aliphatic heterocycles. The van der Waals surface area contributed by atoms with E-state index in [2.05, 4.69) is 46.8 Å². The van der Waals surface area contributed by atoms with Crippen molar-refractivity contribution in [1.82, 2.24) is 15.1 Å². The summed E-state index contributed by atoms with van der Waals surface area (Å²) in [5.41, 5.74) is 0.222. The maximum Gasteiger partial charge on any atom is 0.159 e. The highest BCUT2D eigenvalue weighted by atomic mass is 35.5. The minimum Gasteiger partial charge on any atom is -0.352 e. The van der Waals surface area contributed by atoms with Gasteiger partial charge in [0.2, 0.25) is 0 Å². The number of piperazine rings is 1. The SMILES string of the molecule is CC(C)(C)N1CCN(c2nnc(Cl)c3ccccc23)CC1. The second kappa shape index (κ2) is 5.43. The second-order valence-electron chi connectivity index (χ2n) is 6.50. The van der Waals surface area contributed by atoms with Crippen molar-refractivity contribution in [3.05, 3.63) is 29.4 Å². The fourth-order valence-corrected chi connectivity index (χ4v) is 3.08. The van der Waals surface area contributed by atoms with E-state index in [0.29, 0.717) is 5.15 Å². The molecule has 0 spiro atoms. The number of fused-ring (bicyclic) bond motifs is 1. The number of benzene rings is 1. The predicted molar refractivity (Wildman–Crippen MR) is 88.1 cm³/mol. The van der Waals surface area contributed by atoms with Gasteiger partial charge in [-0.1, -0.05) is 35.9 Å². The van der Waals surface area contributed by atoms with Gasteiger partial charge in [0.25, 0.3) is 0 Å². The number of hydrogen-bond acceptors (Lipinski definition) is 4. The van der Waals surface area contributed by atoms with Crippen molar-refractivity contribution in [2.24, 2.45) is 0 Å². The van der Waals surface area contributed by atoms with Crippen molar-refractivity contribution >= 4 is 28.2 Å². The van der Waals surface area contributed by atoms with Crippen LogP contribution in [0.2, 0.25) is 5.15 Å². The lowest BCUT2D eigenvalue weighted by Crippen LogP contribution is -2.53. The van der Waals surface area contributed by atoms with E-state index in [-0.39, 0.29) is 5.54 Å². The molecule has 1 aromatic carbocycles. The highest BCUT2D eigenvalue weighted by molar-refractivity contribution is 6.34. The molecule has 4 nitrogen and oxygen atoms in total. The van der Waals surface area contributed by atoms with Crippen LogP contribution in [-0.4, -0.2) is 46.8 Å². The van der Waals surface area contributed by atoms with Crippen LogP contribution in [0.5, 0.6) is 0 Å². The molecule has 3 rings (SSSR count). The highest BCUT2D eigenvalue weighted by Crippen LogP contribution is 2.29. The molecular formula is C16H21ClN4. The molecule has 1 aromatic heterocycles. The van der Waals surface area contributed by atoms with Crippen LogP contribution < -0.4 is 4.90 Å². The summed E-state index contributed by atoms with van der Waals surface area (Å²) < 4.78 is 0. The monoisotopic (exact) mass is 304 g/mol. The first-order chi connectivity index (χ1) is 9.97. The van der Waals surface area contributed by atoms with E-state index in [0.717, 1.165) is 42.8 Å². The minimum absolute atomic E-state index is 0.222. The average molecular weight is 305 g/mol. The molecule has 0 saturated carbocycles. The Labute approximate surface area is 130 Å². The molecule has 1 aliphatic rings. The standard InChI is InChI=1S/C16H21ClN4/c1-16(2,3)21-10-8-20(9-11-21)15-13-7-5-4-6-12(13)14(17)18-19-15/h4-7H,8-11H2,1-3H3. The zero-order valence-electron chi connectivity index (χ0n) is 12.8. The van der Waals surface area contributed by atoms with Crippen LogP contribution >= 0.6 is 11.6 Å². The lowest BCUT2D eigenvalue weighted by molar-refractivity contribution is 0.128. The van der Waals surface area contributed by atoms with E-state index in [9.17, 15) is 0 Å². The Hall–Kier alpha value is -1.39. The van der Waals surface area contributed by atoms with Crippen molar-refractivity contribution in [3.8, 4) is 0 Å². The molecule has 112 valence electrons. The molecule has 21 heavy (non-hydrogen) atoms. The predicted octanol–water partition coefficient (Wildman–Crippen LogP) is 3.20. The first-order valence-corrected chi connectivity index (χ1v) is 7.75. The minimum atomic E-state index is 0.222. The van der Waals surface area contributed by atoms with Crippen LogP contribution in [0.25, 0.3) is 10.8 Å². The molecule has 0 N–H and O–H groups in total. The summed E-state index contributed by atoms with van der Waals surface area (Å²) in [6.45, 7) is 10.8. The summed E-state index contributed by atoms with van der Waals surface area (Å²) in [4.78, 5) is 4.82. The summed E-state index contributed by atoms with van der Waals surface area (Å²) in [6.07, 6.45) is 0. The van der Waals surface area contributed by atoms with E-state index in [4.69, 9.17) is 11.6 Å². The molecule has 0 bridgehead atoms. The highest BCUT2D eigenvalue weighted by Gasteiger charge is 2.27. The molecule has 5 heteroatoms. The molecule has 2 heterocycles. The molecule has 0 atom stereocenters. The molecule has 2 aromatic rings. The maximum atomic E-state index is 6.15. The zero-order chi connectivity index (χ0) is 15.0. The Morgan fingerprint density at radius 2 is 1.57 bits per heavy atom. The largest absolute Gasteiger partial charge is 0.352 e. The van der Waals surface area contributed by atoms with Crippen molar-refractivity contribution in [2.75, 3.05) is 31.1 Å². The van der Waals surface area contributed by atoms with Crippen LogP contribution in [-0.2, 0) is 0 Å².